The van der Waals surface area contributed by atoms with Gasteiger partial charge in [-0.2, -0.15) is 13.2 Å². The summed E-state index contributed by atoms with van der Waals surface area (Å²) in [7, 11) is 0. The smallest absolute Gasteiger partial charge is 0.267 e. The van der Waals surface area contributed by atoms with E-state index in [1.165, 1.54) is 12.1 Å². The number of fused-ring (bicyclic) bond motifs is 1. The maximum Gasteiger partial charge on any atom is 0.394 e. The van der Waals surface area contributed by atoms with Crippen molar-refractivity contribution in [3.8, 4) is 0 Å². The highest BCUT2D eigenvalue weighted by molar-refractivity contribution is 6.21. The minimum Gasteiger partial charge on any atom is -0.267 e. The zero-order valence-corrected chi connectivity index (χ0v) is 7.51. The van der Waals surface area contributed by atoms with Gasteiger partial charge >= 0.3 is 6.18 Å². The Morgan fingerprint density at radius 3 is 2.33 bits per heavy atom. The Hall–Kier alpha value is -1.65. The van der Waals surface area contributed by atoms with E-state index in [4.69, 9.17) is 0 Å². The lowest BCUT2D eigenvalue weighted by atomic mass is 10.0. The van der Waals surface area contributed by atoms with Crippen LogP contribution >= 0.6 is 0 Å². The van der Waals surface area contributed by atoms with E-state index in [9.17, 15) is 18.0 Å². The molecule has 0 fully saturated rings. The van der Waals surface area contributed by atoms with Gasteiger partial charge in [-0.05, 0) is 6.07 Å². The molecule has 1 amide bonds. The van der Waals surface area contributed by atoms with E-state index in [1.54, 1.807) is 12.1 Å². The molecule has 0 aromatic heterocycles. The number of rotatable bonds is 1. The largest absolute Gasteiger partial charge is 0.394 e. The Labute approximate surface area is 83.4 Å². The second-order valence-electron chi connectivity index (χ2n) is 3.20. The van der Waals surface area contributed by atoms with Crippen LogP contribution in [0.15, 0.2) is 29.3 Å². The molecule has 1 heterocycles. The number of nitrogens with zero attached hydrogens (tertiary/aromatic N) is 1. The van der Waals surface area contributed by atoms with Gasteiger partial charge in [-0.25, -0.2) is 4.99 Å². The molecule has 0 saturated heterocycles. The van der Waals surface area contributed by atoms with E-state index in [-0.39, 0.29) is 11.3 Å². The molecule has 0 spiro atoms. The molecule has 0 atom stereocenters. The second kappa shape index (κ2) is 3.18. The number of hydrogen-bond donors (Lipinski definition) is 0. The third-order valence-electron chi connectivity index (χ3n) is 2.07. The normalized spacial score (nSPS) is 15.1. The molecule has 2 rings (SSSR count). The van der Waals surface area contributed by atoms with Crippen LogP contribution in [0.1, 0.15) is 22.3 Å². The van der Waals surface area contributed by atoms with Crippen molar-refractivity contribution in [2.24, 2.45) is 4.99 Å². The summed E-state index contributed by atoms with van der Waals surface area (Å²) in [6.45, 7) is 0. The van der Waals surface area contributed by atoms with Crippen LogP contribution in [0.3, 0.4) is 0 Å². The van der Waals surface area contributed by atoms with Crippen molar-refractivity contribution >= 4 is 11.6 Å². The molecule has 0 unspecified atom stereocenters. The van der Waals surface area contributed by atoms with Gasteiger partial charge in [0.25, 0.3) is 5.91 Å². The highest BCUT2D eigenvalue weighted by atomic mass is 19.4. The lowest BCUT2D eigenvalue weighted by Crippen LogP contribution is -2.14. The molecule has 0 bridgehead atoms. The molecule has 1 aliphatic heterocycles. The summed E-state index contributed by atoms with van der Waals surface area (Å²) in [6, 6.07) is 6.14. The van der Waals surface area contributed by atoms with Crippen LogP contribution in [0, 0.1) is 0 Å². The van der Waals surface area contributed by atoms with Crippen LogP contribution in [-0.2, 0) is 0 Å². The molecule has 1 aromatic rings. The topological polar surface area (TPSA) is 29.4 Å². The first-order chi connectivity index (χ1) is 6.97. The van der Waals surface area contributed by atoms with Crippen molar-refractivity contribution in [1.82, 2.24) is 0 Å². The molecule has 0 radical (unpaired) electrons. The third-order valence-corrected chi connectivity index (χ3v) is 2.07. The number of hydrogen-bond acceptors (Lipinski definition) is 1. The second-order valence-corrected chi connectivity index (χ2v) is 3.20. The first-order valence-corrected chi connectivity index (χ1v) is 4.25. The van der Waals surface area contributed by atoms with Gasteiger partial charge in [-0.1, -0.05) is 18.2 Å². The van der Waals surface area contributed by atoms with Crippen molar-refractivity contribution in [1.29, 1.82) is 0 Å². The molecule has 0 N–H and O–H groups in total. The first kappa shape index (κ1) is 9.89. The molecule has 2 nitrogen and oxygen atoms in total. The minimum absolute atomic E-state index is 0.192. The van der Waals surface area contributed by atoms with Crippen molar-refractivity contribution in [3.63, 3.8) is 0 Å². The zero-order valence-electron chi connectivity index (χ0n) is 7.51. The minimum atomic E-state index is -4.34. The Morgan fingerprint density at radius 2 is 1.73 bits per heavy atom. The summed E-state index contributed by atoms with van der Waals surface area (Å²) in [6.07, 6.45) is -5.49. The predicted molar refractivity (Wildman–Crippen MR) is 48.0 cm³/mol. The highest BCUT2D eigenvalue weighted by Gasteiger charge is 2.34. The van der Waals surface area contributed by atoms with Crippen LogP contribution in [0.2, 0.25) is 0 Å². The average molecular weight is 213 g/mol. The number of amides is 1. The van der Waals surface area contributed by atoms with Crippen molar-refractivity contribution < 1.29 is 18.0 Å². The first-order valence-electron chi connectivity index (χ1n) is 4.25. The van der Waals surface area contributed by atoms with E-state index in [1.807, 2.05) is 0 Å². The predicted octanol–water partition coefficient (Wildman–Crippen LogP) is 2.58. The molecule has 1 aliphatic rings. The van der Waals surface area contributed by atoms with Gasteiger partial charge in [-0.3, -0.25) is 4.79 Å². The SMILES string of the molecule is O=C1N=C(CC(F)(F)F)c2ccccc21. The molecule has 78 valence electrons. The van der Waals surface area contributed by atoms with Gasteiger partial charge in [-0.15, -0.1) is 0 Å². The fourth-order valence-electron chi connectivity index (χ4n) is 1.49. The van der Waals surface area contributed by atoms with Crippen molar-refractivity contribution in [3.05, 3.63) is 35.4 Å². The number of halogens is 3. The fourth-order valence-corrected chi connectivity index (χ4v) is 1.49. The summed E-state index contributed by atoms with van der Waals surface area (Å²) in [4.78, 5) is 14.6. The van der Waals surface area contributed by atoms with Crippen LogP contribution in [-0.4, -0.2) is 17.8 Å². The van der Waals surface area contributed by atoms with Crippen LogP contribution in [0.25, 0.3) is 0 Å². The van der Waals surface area contributed by atoms with Gasteiger partial charge in [0.1, 0.15) is 0 Å². The molecule has 1 aromatic carbocycles. The molecule has 5 heteroatoms. The summed E-state index contributed by atoms with van der Waals surface area (Å²) in [5.74, 6) is -0.593. The molecule has 15 heavy (non-hydrogen) atoms. The van der Waals surface area contributed by atoms with Gasteiger partial charge in [0.2, 0.25) is 0 Å². The summed E-state index contributed by atoms with van der Waals surface area (Å²) < 4.78 is 36.4. The quantitative estimate of drug-likeness (QED) is 0.704. The lowest BCUT2D eigenvalue weighted by Gasteiger charge is -2.06. The average Bonchev–Trinajstić information content (AvgIpc) is 2.42. The number of carbonyl (C=O) groups is 1. The molecular formula is C10H6F3NO. The van der Waals surface area contributed by atoms with Crippen LogP contribution < -0.4 is 0 Å². The Bertz CT molecular complexity index is 448. The van der Waals surface area contributed by atoms with E-state index in [0.29, 0.717) is 5.56 Å². The van der Waals surface area contributed by atoms with Crippen molar-refractivity contribution in [2.45, 2.75) is 12.6 Å². The maximum absolute atomic E-state index is 12.1. The third kappa shape index (κ3) is 1.91. The number of alkyl halides is 3. The number of carbonyl (C=O) groups excluding carboxylic acids is 1. The number of benzene rings is 1. The van der Waals surface area contributed by atoms with Gasteiger partial charge in [0.15, 0.2) is 0 Å². The van der Waals surface area contributed by atoms with Gasteiger partial charge in [0.05, 0.1) is 17.7 Å². The van der Waals surface area contributed by atoms with Gasteiger partial charge < -0.3 is 0 Å². The maximum atomic E-state index is 12.1. The monoisotopic (exact) mass is 213 g/mol. The fraction of sp³-hybridized carbons (Fsp3) is 0.200. The summed E-state index contributed by atoms with van der Waals surface area (Å²) >= 11 is 0. The number of aliphatic imine (C=N–C) groups is 1. The van der Waals surface area contributed by atoms with Crippen LogP contribution in [0.5, 0.6) is 0 Å². The molecule has 0 saturated carbocycles. The molecule has 0 aliphatic carbocycles. The van der Waals surface area contributed by atoms with E-state index < -0.39 is 18.5 Å². The van der Waals surface area contributed by atoms with E-state index in [2.05, 4.69) is 4.99 Å². The van der Waals surface area contributed by atoms with Gasteiger partial charge in [0, 0.05) is 5.56 Å². The Kier molecular flexibility index (Phi) is 2.10. The lowest BCUT2D eigenvalue weighted by molar-refractivity contribution is -0.121. The summed E-state index contributed by atoms with van der Waals surface area (Å²) in [5.41, 5.74) is 0.347. The Balaban J connectivity index is 2.38. The standard InChI is InChI=1S/C10H6F3NO/c11-10(12,13)5-8-6-3-1-2-4-7(6)9(15)14-8/h1-4H,5H2. The van der Waals surface area contributed by atoms with Crippen molar-refractivity contribution in [2.75, 3.05) is 0 Å². The summed E-state index contributed by atoms with van der Waals surface area (Å²) in [5, 5.41) is 0. The Morgan fingerprint density at radius 1 is 1.13 bits per heavy atom. The highest BCUT2D eigenvalue weighted by Crippen LogP contribution is 2.27. The van der Waals surface area contributed by atoms with E-state index in [0.717, 1.165) is 0 Å². The zero-order chi connectivity index (χ0) is 11.1. The van der Waals surface area contributed by atoms with Crippen LogP contribution in [0.4, 0.5) is 13.2 Å². The molecular weight excluding hydrogens is 207 g/mol. The van der Waals surface area contributed by atoms with E-state index >= 15 is 0 Å².